The van der Waals surface area contributed by atoms with Crippen molar-refractivity contribution < 1.29 is 9.90 Å². The topological polar surface area (TPSA) is 85.4 Å². The maximum absolute atomic E-state index is 12.2. The Bertz CT molecular complexity index is 790. The van der Waals surface area contributed by atoms with Gasteiger partial charge in [0, 0.05) is 43.4 Å². The van der Waals surface area contributed by atoms with E-state index >= 15 is 0 Å². The number of carbonyl (C=O) groups excluding carboxylic acids is 1. The largest absolute Gasteiger partial charge is 0.396 e. The first-order valence-corrected chi connectivity index (χ1v) is 7.91. The zero-order valence-electron chi connectivity index (χ0n) is 12.5. The van der Waals surface area contributed by atoms with Crippen LogP contribution in [0.4, 0.5) is 0 Å². The second kappa shape index (κ2) is 6.70. The monoisotopic (exact) mass is 335 g/mol. The highest BCUT2D eigenvalue weighted by atomic mass is 35.5. The summed E-state index contributed by atoms with van der Waals surface area (Å²) >= 11 is 6.16. The van der Waals surface area contributed by atoms with Crippen LogP contribution in [0.25, 0.3) is 10.9 Å². The molecule has 0 unspecified atom stereocenters. The van der Waals surface area contributed by atoms with E-state index in [-0.39, 0.29) is 24.0 Å². The Hall–Kier alpha value is -1.89. The van der Waals surface area contributed by atoms with Gasteiger partial charge in [0.05, 0.1) is 16.6 Å². The number of H-pyrrole nitrogens is 1. The van der Waals surface area contributed by atoms with Crippen molar-refractivity contribution in [3.05, 3.63) is 45.2 Å². The lowest BCUT2D eigenvalue weighted by molar-refractivity contribution is -0.130. The van der Waals surface area contributed by atoms with Crippen molar-refractivity contribution in [1.82, 2.24) is 15.2 Å². The standard InChI is InChI=1S/C16H18ClN3O3/c17-12-3-1-2-11-14(22)8-10(19-15(11)12)9-20-6-5-18-16(23)13(20)4-7-21/h1-3,8,13,21H,4-7,9H2,(H,18,23)(H,19,22)/t13-/m1/s1. The molecule has 2 heterocycles. The molecule has 1 aliphatic rings. The summed E-state index contributed by atoms with van der Waals surface area (Å²) in [5.41, 5.74) is 1.21. The lowest BCUT2D eigenvalue weighted by Gasteiger charge is -2.34. The third-order valence-corrected chi connectivity index (χ3v) is 4.40. The number of para-hydroxylation sites is 1. The van der Waals surface area contributed by atoms with E-state index in [1.54, 1.807) is 24.3 Å². The van der Waals surface area contributed by atoms with Crippen molar-refractivity contribution in [2.24, 2.45) is 0 Å². The number of pyridine rings is 1. The van der Waals surface area contributed by atoms with Gasteiger partial charge in [-0.1, -0.05) is 17.7 Å². The Kier molecular flexibility index (Phi) is 4.66. The zero-order chi connectivity index (χ0) is 16.4. The summed E-state index contributed by atoms with van der Waals surface area (Å²) in [6.07, 6.45) is 0.365. The summed E-state index contributed by atoms with van der Waals surface area (Å²) in [4.78, 5) is 29.4. The molecule has 6 nitrogen and oxygen atoms in total. The molecule has 7 heteroatoms. The van der Waals surface area contributed by atoms with Gasteiger partial charge in [0.25, 0.3) is 0 Å². The number of piperazine rings is 1. The van der Waals surface area contributed by atoms with Gasteiger partial charge in [-0.15, -0.1) is 0 Å². The predicted molar refractivity (Wildman–Crippen MR) is 88.5 cm³/mol. The quantitative estimate of drug-likeness (QED) is 0.773. The molecule has 1 aromatic heterocycles. The van der Waals surface area contributed by atoms with Crippen LogP contribution in [0.5, 0.6) is 0 Å². The van der Waals surface area contributed by atoms with Crippen molar-refractivity contribution in [2.45, 2.75) is 19.0 Å². The Balaban J connectivity index is 1.93. The first kappa shape index (κ1) is 16.0. The molecule has 0 bridgehead atoms. The number of carbonyl (C=O) groups is 1. The van der Waals surface area contributed by atoms with E-state index in [4.69, 9.17) is 16.7 Å². The van der Waals surface area contributed by atoms with Gasteiger partial charge in [-0.2, -0.15) is 0 Å². The van der Waals surface area contributed by atoms with Gasteiger partial charge in [0.1, 0.15) is 0 Å². The van der Waals surface area contributed by atoms with Gasteiger partial charge in [-0.25, -0.2) is 0 Å². The average Bonchev–Trinajstić information content (AvgIpc) is 2.52. The fraction of sp³-hybridized carbons (Fsp3) is 0.375. The van der Waals surface area contributed by atoms with E-state index in [0.29, 0.717) is 47.7 Å². The minimum absolute atomic E-state index is 0.0609. The van der Waals surface area contributed by atoms with E-state index in [9.17, 15) is 9.59 Å². The molecule has 1 atom stereocenters. The Labute approximate surface area is 138 Å². The minimum atomic E-state index is -0.390. The molecule has 0 saturated carbocycles. The summed E-state index contributed by atoms with van der Waals surface area (Å²) in [6, 6.07) is 6.35. The number of aliphatic hydroxyl groups excluding tert-OH is 1. The number of aromatic nitrogens is 1. The van der Waals surface area contributed by atoms with Crippen LogP contribution < -0.4 is 10.7 Å². The summed E-state index contributed by atoms with van der Waals surface area (Å²) in [6.45, 7) is 1.58. The fourth-order valence-electron chi connectivity index (χ4n) is 2.98. The molecule has 23 heavy (non-hydrogen) atoms. The van der Waals surface area contributed by atoms with Gasteiger partial charge in [-0.05, 0) is 18.6 Å². The Morgan fingerprint density at radius 3 is 2.96 bits per heavy atom. The van der Waals surface area contributed by atoms with Crippen LogP contribution in [0.1, 0.15) is 12.1 Å². The summed E-state index contributed by atoms with van der Waals surface area (Å²) in [5.74, 6) is -0.0912. The van der Waals surface area contributed by atoms with Gasteiger partial charge in [0.15, 0.2) is 5.43 Å². The molecule has 0 spiro atoms. The third kappa shape index (κ3) is 3.24. The molecule has 0 radical (unpaired) electrons. The van der Waals surface area contributed by atoms with Crippen LogP contribution in [0.3, 0.4) is 0 Å². The zero-order valence-corrected chi connectivity index (χ0v) is 13.3. The van der Waals surface area contributed by atoms with Gasteiger partial charge in [0.2, 0.25) is 5.91 Å². The van der Waals surface area contributed by atoms with Crippen LogP contribution in [0, 0.1) is 0 Å². The molecule has 3 rings (SSSR count). The molecular weight excluding hydrogens is 318 g/mol. The number of nitrogens with one attached hydrogen (secondary N) is 2. The van der Waals surface area contributed by atoms with Crippen LogP contribution in [-0.4, -0.2) is 46.6 Å². The highest BCUT2D eigenvalue weighted by molar-refractivity contribution is 6.35. The van der Waals surface area contributed by atoms with Crippen molar-refractivity contribution in [3.63, 3.8) is 0 Å². The van der Waals surface area contributed by atoms with E-state index in [1.807, 2.05) is 4.90 Å². The van der Waals surface area contributed by atoms with Gasteiger partial charge >= 0.3 is 0 Å². The number of rotatable bonds is 4. The normalized spacial score (nSPS) is 19.0. The predicted octanol–water partition coefficient (Wildman–Crippen LogP) is 0.864. The first-order chi connectivity index (χ1) is 11.1. The van der Waals surface area contributed by atoms with Crippen molar-refractivity contribution in [1.29, 1.82) is 0 Å². The molecule has 2 aromatic rings. The molecule has 122 valence electrons. The maximum atomic E-state index is 12.2. The molecule has 1 fully saturated rings. The number of halogens is 1. The van der Waals surface area contributed by atoms with E-state index < -0.39 is 0 Å². The first-order valence-electron chi connectivity index (χ1n) is 7.53. The lowest BCUT2D eigenvalue weighted by atomic mass is 10.1. The number of aliphatic hydroxyl groups is 1. The fourth-order valence-corrected chi connectivity index (χ4v) is 3.20. The van der Waals surface area contributed by atoms with E-state index in [1.165, 1.54) is 0 Å². The molecular formula is C16H18ClN3O3. The smallest absolute Gasteiger partial charge is 0.237 e. The van der Waals surface area contributed by atoms with Crippen LogP contribution >= 0.6 is 11.6 Å². The molecule has 1 amide bonds. The number of hydrogen-bond acceptors (Lipinski definition) is 4. The average molecular weight is 336 g/mol. The second-order valence-electron chi connectivity index (χ2n) is 5.61. The third-order valence-electron chi connectivity index (χ3n) is 4.09. The molecule has 0 aliphatic carbocycles. The highest BCUT2D eigenvalue weighted by Crippen LogP contribution is 2.20. The van der Waals surface area contributed by atoms with E-state index in [0.717, 1.165) is 0 Å². The van der Waals surface area contributed by atoms with Crippen LogP contribution in [0.2, 0.25) is 5.02 Å². The number of hydrogen-bond donors (Lipinski definition) is 3. The number of aromatic amines is 1. The van der Waals surface area contributed by atoms with E-state index in [2.05, 4.69) is 10.3 Å². The van der Waals surface area contributed by atoms with Crippen molar-refractivity contribution in [3.8, 4) is 0 Å². The number of amides is 1. The number of fused-ring (bicyclic) bond motifs is 1. The lowest BCUT2D eigenvalue weighted by Crippen LogP contribution is -2.55. The summed E-state index contributed by atoms with van der Waals surface area (Å²) in [5, 5.41) is 13.0. The summed E-state index contributed by atoms with van der Waals surface area (Å²) < 4.78 is 0. The van der Waals surface area contributed by atoms with Crippen LogP contribution in [-0.2, 0) is 11.3 Å². The van der Waals surface area contributed by atoms with Crippen molar-refractivity contribution in [2.75, 3.05) is 19.7 Å². The maximum Gasteiger partial charge on any atom is 0.237 e. The highest BCUT2D eigenvalue weighted by Gasteiger charge is 2.29. The summed E-state index contributed by atoms with van der Waals surface area (Å²) in [7, 11) is 0. The van der Waals surface area contributed by atoms with Crippen molar-refractivity contribution >= 4 is 28.4 Å². The molecule has 3 N–H and O–H groups in total. The Morgan fingerprint density at radius 1 is 1.35 bits per heavy atom. The number of benzene rings is 1. The van der Waals surface area contributed by atoms with Gasteiger partial charge in [-0.3, -0.25) is 14.5 Å². The van der Waals surface area contributed by atoms with Gasteiger partial charge < -0.3 is 15.4 Å². The number of nitrogens with zero attached hydrogens (tertiary/aromatic N) is 1. The minimum Gasteiger partial charge on any atom is -0.396 e. The molecule has 1 aromatic carbocycles. The second-order valence-corrected chi connectivity index (χ2v) is 6.02. The molecule has 1 saturated heterocycles. The van der Waals surface area contributed by atoms with Crippen LogP contribution in [0.15, 0.2) is 29.1 Å². The Morgan fingerprint density at radius 2 is 2.17 bits per heavy atom. The SMILES string of the molecule is O=C1NCCN(Cc2cc(=O)c3cccc(Cl)c3[nH]2)[C@@H]1CCO. The molecule has 1 aliphatic heterocycles.